The number of carbonyl (C=O) groups is 1. The number of esters is 1. The van der Waals surface area contributed by atoms with Gasteiger partial charge in [-0.15, -0.1) is 0 Å². The van der Waals surface area contributed by atoms with Gasteiger partial charge in [0.15, 0.2) is 5.60 Å². The molecule has 0 bridgehead atoms. The summed E-state index contributed by atoms with van der Waals surface area (Å²) < 4.78 is 53.2. The number of H-pyrrole nitrogens is 1. The minimum atomic E-state index is -5.12. The molecule has 0 saturated heterocycles. The maximum Gasteiger partial charge on any atom is 0.422 e. The second-order valence-electron chi connectivity index (χ2n) is 7.77. The summed E-state index contributed by atoms with van der Waals surface area (Å²) in [7, 11) is 1.20. The number of aliphatic hydroxyl groups is 1. The molecule has 0 saturated carbocycles. The lowest BCUT2D eigenvalue weighted by molar-refractivity contribution is -0.274. The molecule has 0 aliphatic heterocycles. The lowest BCUT2D eigenvalue weighted by atomic mass is 9.77. The smallest absolute Gasteiger partial charge is 0.422 e. The molecule has 11 heteroatoms. The average molecular weight is 530 g/mol. The summed E-state index contributed by atoms with van der Waals surface area (Å²) in [6.45, 7) is 2.44. The Morgan fingerprint density at radius 2 is 1.66 bits per heavy atom. The van der Waals surface area contributed by atoms with E-state index < -0.39 is 34.8 Å². The lowest BCUT2D eigenvalue weighted by Gasteiger charge is -2.37. The largest absolute Gasteiger partial charge is 0.465 e. The summed E-state index contributed by atoms with van der Waals surface area (Å²) in [4.78, 5) is 25.5. The van der Waals surface area contributed by atoms with E-state index in [-0.39, 0.29) is 38.4 Å². The van der Waals surface area contributed by atoms with Crippen molar-refractivity contribution < 1.29 is 32.5 Å². The van der Waals surface area contributed by atoms with Crippen molar-refractivity contribution in [2.75, 3.05) is 7.11 Å². The van der Waals surface area contributed by atoms with Gasteiger partial charge in [0.25, 0.3) is 0 Å². The zero-order valence-electron chi connectivity index (χ0n) is 18.7. The van der Waals surface area contributed by atoms with Crippen molar-refractivity contribution in [2.45, 2.75) is 31.5 Å². The second kappa shape index (κ2) is 9.93. The number of hydrogen-bond donors (Lipinski definition) is 2. The first kappa shape index (κ1) is 26.6. The highest BCUT2D eigenvalue weighted by Crippen LogP contribution is 2.50. The van der Waals surface area contributed by atoms with Gasteiger partial charge in [0.05, 0.1) is 17.7 Å². The van der Waals surface area contributed by atoms with Gasteiger partial charge in [-0.05, 0) is 48.9 Å². The van der Waals surface area contributed by atoms with Gasteiger partial charge >= 0.3 is 12.1 Å². The Morgan fingerprint density at radius 1 is 1.03 bits per heavy atom. The van der Waals surface area contributed by atoms with Crippen LogP contribution in [0.4, 0.5) is 13.2 Å². The van der Waals surface area contributed by atoms with E-state index in [4.69, 9.17) is 27.9 Å². The number of carbonyl (C=O) groups excluding carboxylic acids is 1. The van der Waals surface area contributed by atoms with Crippen LogP contribution in [0.2, 0.25) is 10.0 Å². The normalized spacial score (nSPS) is 14.2. The maximum atomic E-state index is 14.3. The molecule has 186 valence electrons. The molecule has 1 aromatic heterocycles. The van der Waals surface area contributed by atoms with Crippen LogP contribution < -0.4 is 10.3 Å². The number of alkyl halides is 3. The zero-order chi connectivity index (χ0) is 26.1. The summed E-state index contributed by atoms with van der Waals surface area (Å²) in [5.41, 5.74) is -4.56. The third-order valence-electron chi connectivity index (χ3n) is 5.60. The van der Waals surface area contributed by atoms with E-state index in [9.17, 15) is 27.9 Å². The Morgan fingerprint density at radius 3 is 2.23 bits per heavy atom. The highest BCUT2D eigenvalue weighted by molar-refractivity contribution is 6.33. The van der Waals surface area contributed by atoms with Crippen molar-refractivity contribution in [3.8, 4) is 11.5 Å². The number of aromatic amines is 1. The maximum absolute atomic E-state index is 14.3. The molecule has 35 heavy (non-hydrogen) atoms. The first-order valence-corrected chi connectivity index (χ1v) is 10.9. The molecule has 0 spiro atoms. The molecular weight excluding hydrogens is 510 g/mol. The van der Waals surface area contributed by atoms with Gasteiger partial charge in [0, 0.05) is 34.3 Å². The van der Waals surface area contributed by atoms with Crippen molar-refractivity contribution in [3.05, 3.63) is 91.3 Å². The number of pyridine rings is 1. The third kappa shape index (κ3) is 5.17. The van der Waals surface area contributed by atoms with E-state index in [1.807, 2.05) is 0 Å². The SMILES string of the molecule is COC(=O)c1ccc(Oc2ccc(Cl)c(C(C)C(O)(c3ccc(=O)[nH]c3C)C(F)(F)F)c2)cc1Cl. The van der Waals surface area contributed by atoms with Crippen LogP contribution in [0, 0.1) is 6.92 Å². The standard InChI is InChI=1S/C24H20Cl2F3NO5/c1-12(23(33,24(27,28)29)18-7-9-21(31)30-13(18)2)17-10-14(5-8-19(17)25)35-15-4-6-16(20(26)11-15)22(32)34-3/h4-12,33H,1-3H3,(H,30,31). The molecule has 2 N–H and O–H groups in total. The van der Waals surface area contributed by atoms with Crippen LogP contribution in [0.5, 0.6) is 11.5 Å². The molecule has 6 nitrogen and oxygen atoms in total. The number of ether oxygens (including phenoxy) is 2. The number of nitrogens with one attached hydrogen (secondary N) is 1. The fraction of sp³-hybridized carbons (Fsp3) is 0.250. The van der Waals surface area contributed by atoms with Crippen molar-refractivity contribution in [2.24, 2.45) is 0 Å². The Hall–Kier alpha value is -3.01. The molecule has 1 heterocycles. The van der Waals surface area contributed by atoms with Crippen LogP contribution in [0.3, 0.4) is 0 Å². The zero-order valence-corrected chi connectivity index (χ0v) is 20.2. The van der Waals surface area contributed by atoms with Gasteiger partial charge in [-0.3, -0.25) is 4.79 Å². The van der Waals surface area contributed by atoms with Crippen molar-refractivity contribution in [3.63, 3.8) is 0 Å². The van der Waals surface area contributed by atoms with Crippen LogP contribution in [-0.2, 0) is 10.3 Å². The summed E-state index contributed by atoms with van der Waals surface area (Å²) in [6.07, 6.45) is -5.12. The van der Waals surface area contributed by atoms with Crippen molar-refractivity contribution >= 4 is 29.2 Å². The predicted octanol–water partition coefficient (Wildman–Crippen LogP) is 6.12. The second-order valence-corrected chi connectivity index (χ2v) is 8.58. The van der Waals surface area contributed by atoms with Gasteiger partial charge in [-0.2, -0.15) is 13.2 Å². The highest BCUT2D eigenvalue weighted by Gasteiger charge is 2.59. The molecule has 3 rings (SSSR count). The molecular formula is C24H20Cl2F3NO5. The predicted molar refractivity (Wildman–Crippen MR) is 124 cm³/mol. The monoisotopic (exact) mass is 529 g/mol. The lowest BCUT2D eigenvalue weighted by Crippen LogP contribution is -2.47. The molecule has 2 aromatic carbocycles. The van der Waals surface area contributed by atoms with Gasteiger partial charge in [-0.25, -0.2) is 4.79 Å². The molecule has 2 unspecified atom stereocenters. The van der Waals surface area contributed by atoms with E-state index in [0.29, 0.717) is 0 Å². The first-order valence-electron chi connectivity index (χ1n) is 10.1. The van der Waals surface area contributed by atoms with E-state index in [1.165, 1.54) is 57.4 Å². The fourth-order valence-electron chi connectivity index (χ4n) is 3.74. The number of benzene rings is 2. The number of hydrogen-bond acceptors (Lipinski definition) is 5. The minimum Gasteiger partial charge on any atom is -0.465 e. The van der Waals surface area contributed by atoms with Crippen LogP contribution >= 0.6 is 23.2 Å². The Labute approximate surface area is 208 Å². The third-order valence-corrected chi connectivity index (χ3v) is 6.26. The van der Waals surface area contributed by atoms with E-state index >= 15 is 0 Å². The van der Waals surface area contributed by atoms with Crippen LogP contribution in [0.15, 0.2) is 53.3 Å². The van der Waals surface area contributed by atoms with Gasteiger partial charge in [0.2, 0.25) is 5.56 Å². The first-order chi connectivity index (χ1) is 16.3. The molecule has 0 aliphatic rings. The van der Waals surface area contributed by atoms with Gasteiger partial charge in [-0.1, -0.05) is 30.1 Å². The number of rotatable bonds is 6. The molecule has 2 atom stereocenters. The number of halogens is 5. The quantitative estimate of drug-likeness (QED) is 0.375. The minimum absolute atomic E-state index is 0.0336. The van der Waals surface area contributed by atoms with E-state index in [0.717, 1.165) is 12.1 Å². The van der Waals surface area contributed by atoms with E-state index in [1.54, 1.807) is 0 Å². The van der Waals surface area contributed by atoms with Crippen molar-refractivity contribution in [1.29, 1.82) is 0 Å². The van der Waals surface area contributed by atoms with Crippen molar-refractivity contribution in [1.82, 2.24) is 4.98 Å². The number of methoxy groups -OCH3 is 1. The molecule has 0 radical (unpaired) electrons. The Kier molecular flexibility index (Phi) is 7.54. The van der Waals surface area contributed by atoms with E-state index in [2.05, 4.69) is 9.72 Å². The Bertz CT molecular complexity index is 1330. The average Bonchev–Trinajstić information content (AvgIpc) is 2.78. The fourth-order valence-corrected chi connectivity index (χ4v) is 4.26. The van der Waals surface area contributed by atoms with Crippen LogP contribution in [0.25, 0.3) is 0 Å². The Balaban J connectivity index is 2.04. The topological polar surface area (TPSA) is 88.6 Å². The van der Waals surface area contributed by atoms with Crippen LogP contribution in [-0.4, -0.2) is 29.3 Å². The van der Waals surface area contributed by atoms with Crippen LogP contribution in [0.1, 0.15) is 40.0 Å². The number of aromatic nitrogens is 1. The molecule has 0 aliphatic carbocycles. The summed E-state index contributed by atoms with van der Waals surface area (Å²) >= 11 is 12.3. The van der Waals surface area contributed by atoms with Gasteiger partial charge < -0.3 is 19.6 Å². The molecule has 0 amide bonds. The summed E-state index contributed by atoms with van der Waals surface area (Å²) in [6, 6.07) is 10.1. The van der Waals surface area contributed by atoms with Gasteiger partial charge in [0.1, 0.15) is 11.5 Å². The highest BCUT2D eigenvalue weighted by atomic mass is 35.5. The number of aryl methyl sites for hydroxylation is 1. The molecule has 0 fully saturated rings. The summed E-state index contributed by atoms with van der Waals surface area (Å²) in [5.74, 6) is -1.94. The summed E-state index contributed by atoms with van der Waals surface area (Å²) in [5, 5.41) is 11.1. The molecule has 3 aromatic rings.